The van der Waals surface area contributed by atoms with Gasteiger partial charge in [0, 0.05) is 19.6 Å². The van der Waals surface area contributed by atoms with Crippen LogP contribution in [0.2, 0.25) is 5.02 Å². The van der Waals surface area contributed by atoms with E-state index in [0.29, 0.717) is 36.3 Å². The molecule has 1 aromatic carbocycles. The minimum Gasteiger partial charge on any atom is -0.495 e. The Labute approximate surface area is 149 Å². The van der Waals surface area contributed by atoms with Gasteiger partial charge in [0.15, 0.2) is 0 Å². The van der Waals surface area contributed by atoms with Crippen molar-refractivity contribution < 1.29 is 14.3 Å². The number of methoxy groups -OCH3 is 1. The van der Waals surface area contributed by atoms with E-state index in [4.69, 9.17) is 21.1 Å². The molecule has 1 aliphatic rings. The maximum Gasteiger partial charge on any atom is 0.220 e. The van der Waals surface area contributed by atoms with Gasteiger partial charge in [-0.25, -0.2) is 0 Å². The molecule has 1 fully saturated rings. The number of benzene rings is 1. The van der Waals surface area contributed by atoms with Crippen molar-refractivity contribution in [1.82, 2.24) is 5.32 Å². The average Bonchev–Trinajstić information content (AvgIpc) is 2.60. The van der Waals surface area contributed by atoms with Crippen molar-refractivity contribution in [3.05, 3.63) is 28.8 Å². The van der Waals surface area contributed by atoms with E-state index in [-0.39, 0.29) is 5.91 Å². The summed E-state index contributed by atoms with van der Waals surface area (Å²) in [5.41, 5.74) is 1.04. The molecule has 1 saturated carbocycles. The first-order chi connectivity index (χ1) is 11.7. The van der Waals surface area contributed by atoms with Crippen LogP contribution >= 0.6 is 11.6 Å². The second-order valence-corrected chi connectivity index (χ2v) is 6.71. The number of hydrogen-bond acceptors (Lipinski definition) is 3. The molecule has 0 spiro atoms. The van der Waals surface area contributed by atoms with Gasteiger partial charge in [-0.05, 0) is 43.4 Å². The molecular weight excluding hydrogens is 326 g/mol. The minimum atomic E-state index is 0.0691. The van der Waals surface area contributed by atoms with E-state index in [9.17, 15) is 4.79 Å². The second-order valence-electron chi connectivity index (χ2n) is 6.30. The molecule has 0 radical (unpaired) electrons. The Bertz CT molecular complexity index is 515. The molecular formula is C19H28ClNO3. The van der Waals surface area contributed by atoms with Crippen molar-refractivity contribution >= 4 is 17.5 Å². The summed E-state index contributed by atoms with van der Waals surface area (Å²) in [4.78, 5) is 11.9. The number of carbonyl (C=O) groups excluding carboxylic acids is 1. The maximum absolute atomic E-state index is 11.9. The van der Waals surface area contributed by atoms with Gasteiger partial charge in [-0.2, -0.15) is 0 Å². The Morgan fingerprint density at radius 2 is 2.08 bits per heavy atom. The zero-order chi connectivity index (χ0) is 17.2. The molecule has 0 atom stereocenters. The number of aryl methyl sites for hydroxylation is 1. The minimum absolute atomic E-state index is 0.0691. The Morgan fingerprint density at radius 1 is 1.29 bits per heavy atom. The molecule has 1 N–H and O–H groups in total. The lowest BCUT2D eigenvalue weighted by atomic mass is 9.98. The van der Waals surface area contributed by atoms with Crippen LogP contribution < -0.4 is 10.1 Å². The summed E-state index contributed by atoms with van der Waals surface area (Å²) in [5.74, 6) is 0.724. The third-order valence-corrected chi connectivity index (χ3v) is 4.70. The Hall–Kier alpha value is -1.26. The van der Waals surface area contributed by atoms with Crippen LogP contribution in [0, 0.1) is 0 Å². The first-order valence-electron chi connectivity index (χ1n) is 8.90. The first kappa shape index (κ1) is 19.1. The number of nitrogens with one attached hydrogen (secondary N) is 1. The predicted molar refractivity (Wildman–Crippen MR) is 96.8 cm³/mol. The molecule has 134 valence electrons. The van der Waals surface area contributed by atoms with Gasteiger partial charge in [0.2, 0.25) is 5.91 Å². The zero-order valence-electron chi connectivity index (χ0n) is 14.5. The lowest BCUT2D eigenvalue weighted by Gasteiger charge is -2.21. The molecule has 24 heavy (non-hydrogen) atoms. The molecule has 0 saturated heterocycles. The van der Waals surface area contributed by atoms with Crippen LogP contribution in [-0.4, -0.2) is 32.3 Å². The second kappa shape index (κ2) is 10.6. The topological polar surface area (TPSA) is 47.6 Å². The maximum atomic E-state index is 11.9. The first-order valence-corrected chi connectivity index (χ1v) is 9.27. The molecule has 1 aliphatic carbocycles. The lowest BCUT2D eigenvalue weighted by molar-refractivity contribution is -0.121. The number of amides is 1. The summed E-state index contributed by atoms with van der Waals surface area (Å²) >= 11 is 6.09. The molecule has 0 aromatic heterocycles. The van der Waals surface area contributed by atoms with Gasteiger partial charge in [0.05, 0.1) is 18.2 Å². The Balaban J connectivity index is 1.55. The van der Waals surface area contributed by atoms with E-state index >= 15 is 0 Å². The van der Waals surface area contributed by atoms with Gasteiger partial charge in [-0.1, -0.05) is 36.9 Å². The van der Waals surface area contributed by atoms with Gasteiger partial charge < -0.3 is 14.8 Å². The highest BCUT2D eigenvalue weighted by Gasteiger charge is 2.13. The highest BCUT2D eigenvalue weighted by molar-refractivity contribution is 6.32. The van der Waals surface area contributed by atoms with Crippen LogP contribution in [0.1, 0.15) is 50.5 Å². The summed E-state index contributed by atoms with van der Waals surface area (Å²) in [6.07, 6.45) is 8.75. The monoisotopic (exact) mass is 353 g/mol. The fourth-order valence-corrected chi connectivity index (χ4v) is 3.27. The van der Waals surface area contributed by atoms with Crippen molar-refractivity contribution in [2.24, 2.45) is 0 Å². The van der Waals surface area contributed by atoms with Crippen molar-refractivity contribution in [3.8, 4) is 5.75 Å². The molecule has 0 heterocycles. The molecule has 4 nitrogen and oxygen atoms in total. The Morgan fingerprint density at radius 3 is 2.79 bits per heavy atom. The summed E-state index contributed by atoms with van der Waals surface area (Å²) in [6.45, 7) is 1.41. The van der Waals surface area contributed by atoms with Gasteiger partial charge in [-0.3, -0.25) is 4.79 Å². The predicted octanol–water partition coefficient (Wildman–Crippen LogP) is 4.14. The largest absolute Gasteiger partial charge is 0.495 e. The highest BCUT2D eigenvalue weighted by atomic mass is 35.5. The van der Waals surface area contributed by atoms with Gasteiger partial charge in [0.1, 0.15) is 5.75 Å². The fourth-order valence-electron chi connectivity index (χ4n) is 2.99. The van der Waals surface area contributed by atoms with Crippen molar-refractivity contribution in [2.45, 2.75) is 57.5 Å². The highest BCUT2D eigenvalue weighted by Crippen LogP contribution is 2.25. The number of halogens is 1. The molecule has 1 amide bonds. The summed E-state index contributed by atoms with van der Waals surface area (Å²) in [6, 6.07) is 5.62. The lowest BCUT2D eigenvalue weighted by Crippen LogP contribution is -2.26. The van der Waals surface area contributed by atoms with Crippen molar-refractivity contribution in [2.75, 3.05) is 20.3 Å². The molecule has 5 heteroatoms. The molecule has 0 unspecified atom stereocenters. The number of hydrogen-bond donors (Lipinski definition) is 1. The van der Waals surface area contributed by atoms with E-state index in [1.807, 2.05) is 18.2 Å². The van der Waals surface area contributed by atoms with Gasteiger partial charge in [0.25, 0.3) is 0 Å². The third kappa shape index (κ3) is 6.70. The SMILES string of the molecule is COc1ccc(CCC(=O)NCCCOC2CCCCC2)cc1Cl. The van der Waals surface area contributed by atoms with Crippen LogP contribution in [0.4, 0.5) is 0 Å². The van der Waals surface area contributed by atoms with E-state index < -0.39 is 0 Å². The third-order valence-electron chi connectivity index (χ3n) is 4.41. The molecule has 0 bridgehead atoms. The molecule has 1 aromatic rings. The van der Waals surface area contributed by atoms with Crippen LogP contribution in [0.15, 0.2) is 18.2 Å². The van der Waals surface area contributed by atoms with E-state index in [1.165, 1.54) is 32.1 Å². The van der Waals surface area contributed by atoms with Crippen molar-refractivity contribution in [3.63, 3.8) is 0 Å². The van der Waals surface area contributed by atoms with E-state index in [2.05, 4.69) is 5.32 Å². The number of carbonyl (C=O) groups is 1. The van der Waals surface area contributed by atoms with Crippen LogP contribution in [0.3, 0.4) is 0 Å². The Kier molecular flexibility index (Phi) is 8.40. The van der Waals surface area contributed by atoms with E-state index in [0.717, 1.165) is 18.6 Å². The van der Waals surface area contributed by atoms with E-state index in [1.54, 1.807) is 7.11 Å². The standard InChI is InChI=1S/C19H28ClNO3/c1-23-18-10-8-15(14-17(18)20)9-11-19(22)21-12-5-13-24-16-6-3-2-4-7-16/h8,10,14,16H,2-7,9,11-13H2,1H3,(H,21,22). The fraction of sp³-hybridized carbons (Fsp3) is 0.632. The quantitative estimate of drug-likeness (QED) is 0.679. The summed E-state index contributed by atoms with van der Waals surface area (Å²) in [7, 11) is 1.59. The molecule has 0 aliphatic heterocycles. The van der Waals surface area contributed by atoms with Gasteiger partial charge >= 0.3 is 0 Å². The van der Waals surface area contributed by atoms with Crippen molar-refractivity contribution in [1.29, 1.82) is 0 Å². The number of ether oxygens (including phenoxy) is 2. The van der Waals surface area contributed by atoms with Crippen LogP contribution in [0.5, 0.6) is 5.75 Å². The normalized spacial score (nSPS) is 15.2. The smallest absolute Gasteiger partial charge is 0.220 e. The van der Waals surface area contributed by atoms with Gasteiger partial charge in [-0.15, -0.1) is 0 Å². The zero-order valence-corrected chi connectivity index (χ0v) is 15.2. The number of rotatable bonds is 9. The summed E-state index contributed by atoms with van der Waals surface area (Å²) in [5, 5.41) is 3.53. The van der Waals surface area contributed by atoms with Crippen LogP contribution in [-0.2, 0) is 16.0 Å². The average molecular weight is 354 g/mol. The summed E-state index contributed by atoms with van der Waals surface area (Å²) < 4.78 is 11.0. The molecule has 2 rings (SSSR count). The van der Waals surface area contributed by atoms with Crippen LogP contribution in [0.25, 0.3) is 0 Å².